The molecule has 10 nitrogen and oxygen atoms in total. The highest BCUT2D eigenvalue weighted by atomic mass is 31.2. The van der Waals surface area contributed by atoms with Crippen molar-refractivity contribution < 1.29 is 43.0 Å². The standard InChI is InChI=1S/C28H54NO9P/c1-2-3-4-5-6-7-8-9-10-11-12-13-14-15-16-17-18-19-20-21-27(31)36-22-25(30)23-37-39(34,35)38-24-26(29)28(32)33/h11-12,25-26,30H,2-10,13-24,29H2,1H3,(H,32,33)(H,34,35)/b12-11-/t25-,26+/m1/s1. The van der Waals surface area contributed by atoms with Crippen molar-refractivity contribution in [3.05, 3.63) is 12.2 Å². The summed E-state index contributed by atoms with van der Waals surface area (Å²) in [5.74, 6) is -1.85. The summed E-state index contributed by atoms with van der Waals surface area (Å²) in [5, 5.41) is 18.4. The van der Waals surface area contributed by atoms with E-state index in [2.05, 4.69) is 28.1 Å². The molecule has 39 heavy (non-hydrogen) atoms. The molecule has 0 spiro atoms. The third-order valence-corrected chi connectivity index (χ3v) is 7.19. The maximum atomic E-state index is 11.8. The number of carbonyl (C=O) groups is 2. The fraction of sp³-hybridized carbons (Fsp3) is 0.857. The molecule has 0 rings (SSSR count). The smallest absolute Gasteiger partial charge is 0.472 e. The molecular formula is C28H54NO9P. The van der Waals surface area contributed by atoms with Crippen LogP contribution >= 0.6 is 7.82 Å². The topological polar surface area (TPSA) is 166 Å². The van der Waals surface area contributed by atoms with Crippen molar-refractivity contribution in [1.29, 1.82) is 0 Å². The number of esters is 1. The van der Waals surface area contributed by atoms with Gasteiger partial charge in [0.15, 0.2) is 0 Å². The Kier molecular flexibility index (Phi) is 24.8. The number of hydrogen-bond donors (Lipinski definition) is 4. The summed E-state index contributed by atoms with van der Waals surface area (Å²) < 4.78 is 25.6. The number of phosphoric acid groups is 1. The molecule has 0 heterocycles. The van der Waals surface area contributed by atoms with Gasteiger partial charge in [0.2, 0.25) is 0 Å². The van der Waals surface area contributed by atoms with Crippen molar-refractivity contribution in [3.63, 3.8) is 0 Å². The number of aliphatic hydroxyl groups excluding tert-OH is 1. The van der Waals surface area contributed by atoms with E-state index in [0.29, 0.717) is 6.42 Å². The van der Waals surface area contributed by atoms with Gasteiger partial charge in [-0.3, -0.25) is 18.6 Å². The van der Waals surface area contributed by atoms with Crippen LogP contribution in [0.15, 0.2) is 12.2 Å². The number of allylic oxidation sites excluding steroid dienone is 2. The van der Waals surface area contributed by atoms with E-state index in [1.54, 1.807) is 0 Å². The minimum absolute atomic E-state index is 0.242. The number of rotatable bonds is 28. The average Bonchev–Trinajstić information content (AvgIpc) is 2.90. The summed E-state index contributed by atoms with van der Waals surface area (Å²) in [6, 6.07) is -1.48. The van der Waals surface area contributed by atoms with Crippen molar-refractivity contribution in [2.75, 3.05) is 19.8 Å². The zero-order valence-electron chi connectivity index (χ0n) is 24.0. The Balaban J connectivity index is 3.53. The Hall–Kier alpha value is -1.29. The normalized spacial score (nSPS) is 14.8. The van der Waals surface area contributed by atoms with Crippen molar-refractivity contribution in [2.24, 2.45) is 5.73 Å². The Morgan fingerprint density at radius 2 is 1.23 bits per heavy atom. The Morgan fingerprint density at radius 3 is 1.74 bits per heavy atom. The highest BCUT2D eigenvalue weighted by Crippen LogP contribution is 2.43. The maximum Gasteiger partial charge on any atom is 0.472 e. The van der Waals surface area contributed by atoms with Gasteiger partial charge in [0.05, 0.1) is 13.2 Å². The van der Waals surface area contributed by atoms with Gasteiger partial charge in [0.1, 0.15) is 18.8 Å². The highest BCUT2D eigenvalue weighted by Gasteiger charge is 2.26. The second kappa shape index (κ2) is 25.7. The van der Waals surface area contributed by atoms with Crippen LogP contribution in [0, 0.1) is 0 Å². The lowest BCUT2D eigenvalue weighted by molar-refractivity contribution is -0.147. The lowest BCUT2D eigenvalue weighted by Crippen LogP contribution is -2.34. The van der Waals surface area contributed by atoms with Gasteiger partial charge >= 0.3 is 19.8 Å². The number of hydrogen-bond acceptors (Lipinski definition) is 8. The van der Waals surface area contributed by atoms with E-state index in [1.807, 2.05) is 0 Å². The van der Waals surface area contributed by atoms with Crippen LogP contribution in [0.4, 0.5) is 0 Å². The summed E-state index contributed by atoms with van der Waals surface area (Å²) >= 11 is 0. The fourth-order valence-corrected chi connectivity index (χ4v) is 4.60. The van der Waals surface area contributed by atoms with Crippen LogP contribution in [-0.2, 0) is 27.9 Å². The number of phosphoric ester groups is 1. The number of ether oxygens (including phenoxy) is 1. The van der Waals surface area contributed by atoms with Crippen LogP contribution in [0.1, 0.15) is 122 Å². The number of aliphatic carboxylic acids is 1. The van der Waals surface area contributed by atoms with Crippen LogP contribution in [0.25, 0.3) is 0 Å². The van der Waals surface area contributed by atoms with Crippen LogP contribution in [0.5, 0.6) is 0 Å². The predicted octanol–water partition coefficient (Wildman–Crippen LogP) is 6.03. The molecule has 0 saturated carbocycles. The molecule has 0 aromatic heterocycles. The van der Waals surface area contributed by atoms with E-state index in [1.165, 1.54) is 77.0 Å². The van der Waals surface area contributed by atoms with Crippen LogP contribution < -0.4 is 5.73 Å². The molecule has 0 aliphatic rings. The van der Waals surface area contributed by atoms with Crippen LogP contribution in [-0.4, -0.2) is 59.0 Å². The van der Waals surface area contributed by atoms with E-state index in [9.17, 15) is 24.2 Å². The van der Waals surface area contributed by atoms with Gasteiger partial charge in [0, 0.05) is 6.42 Å². The van der Waals surface area contributed by atoms with Crippen molar-refractivity contribution in [3.8, 4) is 0 Å². The number of carbonyl (C=O) groups excluding carboxylic acids is 1. The summed E-state index contributed by atoms with van der Waals surface area (Å²) in [7, 11) is -4.58. The molecule has 3 atom stereocenters. The molecule has 5 N–H and O–H groups in total. The number of nitrogens with two attached hydrogens (primary N) is 1. The van der Waals surface area contributed by atoms with E-state index < -0.39 is 45.1 Å². The molecule has 0 aromatic rings. The Morgan fingerprint density at radius 1 is 0.769 bits per heavy atom. The number of unbranched alkanes of at least 4 members (excludes halogenated alkanes) is 15. The number of carboxylic acids is 1. The second-order valence-electron chi connectivity index (χ2n) is 10.1. The van der Waals surface area contributed by atoms with E-state index in [0.717, 1.165) is 25.7 Å². The van der Waals surface area contributed by atoms with Gasteiger partial charge in [0.25, 0.3) is 0 Å². The van der Waals surface area contributed by atoms with Crippen LogP contribution in [0.3, 0.4) is 0 Å². The Bertz CT molecular complexity index is 690. The third-order valence-electron chi connectivity index (χ3n) is 6.24. The Labute approximate surface area is 235 Å². The second-order valence-corrected chi connectivity index (χ2v) is 11.5. The zero-order chi connectivity index (χ0) is 29.2. The van der Waals surface area contributed by atoms with Gasteiger partial charge in [-0.25, -0.2) is 4.57 Å². The zero-order valence-corrected chi connectivity index (χ0v) is 24.9. The molecular weight excluding hydrogens is 525 g/mol. The molecule has 0 fully saturated rings. The lowest BCUT2D eigenvalue weighted by atomic mass is 10.1. The summed E-state index contributed by atoms with van der Waals surface area (Å²) in [6.07, 6.45) is 24.3. The summed E-state index contributed by atoms with van der Waals surface area (Å²) in [4.78, 5) is 31.8. The molecule has 0 bridgehead atoms. The molecule has 230 valence electrons. The first-order valence-corrected chi connectivity index (χ1v) is 16.3. The SMILES string of the molecule is CCCCCCCCCC/C=C\CCCCCCCCCC(=O)OC[C@@H](O)COP(=O)(O)OC[C@H](N)C(=O)O. The first kappa shape index (κ1) is 37.7. The first-order valence-electron chi connectivity index (χ1n) is 14.8. The van der Waals surface area contributed by atoms with Gasteiger partial charge in [-0.2, -0.15) is 0 Å². The summed E-state index contributed by atoms with van der Waals surface area (Å²) in [5.41, 5.74) is 5.17. The highest BCUT2D eigenvalue weighted by molar-refractivity contribution is 7.47. The molecule has 0 saturated heterocycles. The van der Waals surface area contributed by atoms with Crippen molar-refractivity contribution in [1.82, 2.24) is 0 Å². The van der Waals surface area contributed by atoms with Crippen molar-refractivity contribution in [2.45, 2.75) is 135 Å². The molecule has 0 aliphatic carbocycles. The van der Waals surface area contributed by atoms with Crippen LogP contribution in [0.2, 0.25) is 0 Å². The van der Waals surface area contributed by atoms with Gasteiger partial charge in [-0.15, -0.1) is 0 Å². The maximum absolute atomic E-state index is 11.8. The largest absolute Gasteiger partial charge is 0.480 e. The van der Waals surface area contributed by atoms with Crippen molar-refractivity contribution >= 4 is 19.8 Å². The minimum atomic E-state index is -4.58. The first-order chi connectivity index (χ1) is 18.7. The molecule has 0 radical (unpaired) electrons. The van der Waals surface area contributed by atoms with Gasteiger partial charge < -0.3 is 25.6 Å². The van der Waals surface area contributed by atoms with E-state index in [-0.39, 0.29) is 13.0 Å². The number of aliphatic hydroxyl groups is 1. The minimum Gasteiger partial charge on any atom is -0.480 e. The molecule has 11 heteroatoms. The van der Waals surface area contributed by atoms with Gasteiger partial charge in [-0.1, -0.05) is 96.1 Å². The summed E-state index contributed by atoms with van der Waals surface area (Å²) in [6.45, 7) is 0.510. The van der Waals surface area contributed by atoms with Gasteiger partial charge in [-0.05, 0) is 32.1 Å². The molecule has 0 amide bonds. The predicted molar refractivity (Wildman–Crippen MR) is 152 cm³/mol. The quantitative estimate of drug-likeness (QED) is 0.0372. The number of carboxylic acid groups (broad SMARTS) is 1. The fourth-order valence-electron chi connectivity index (χ4n) is 3.82. The third kappa shape index (κ3) is 26.7. The lowest BCUT2D eigenvalue weighted by Gasteiger charge is -2.16. The monoisotopic (exact) mass is 579 g/mol. The molecule has 1 unspecified atom stereocenters. The molecule has 0 aromatic carbocycles. The molecule has 0 aliphatic heterocycles. The van der Waals surface area contributed by atoms with E-state index in [4.69, 9.17) is 15.6 Å². The van der Waals surface area contributed by atoms with E-state index >= 15 is 0 Å². The average molecular weight is 580 g/mol.